The molecule has 0 fully saturated rings. The zero-order valence-corrected chi connectivity index (χ0v) is 17.2. The molecule has 0 aromatic heterocycles. The summed E-state index contributed by atoms with van der Waals surface area (Å²) in [4.78, 5) is 14.6. The summed E-state index contributed by atoms with van der Waals surface area (Å²) < 4.78 is 37.3. The average molecular weight is 404 g/mol. The van der Waals surface area contributed by atoms with Crippen molar-refractivity contribution in [1.82, 2.24) is 4.31 Å². The Morgan fingerprint density at radius 3 is 2.50 bits per heavy atom. The first-order chi connectivity index (χ1) is 13.3. The molecule has 0 saturated heterocycles. The number of anilines is 1. The fraction of sp³-hybridized carbons (Fsp3) is 0.350. The van der Waals surface area contributed by atoms with Gasteiger partial charge in [-0.05, 0) is 37.1 Å². The van der Waals surface area contributed by atoms with E-state index in [1.165, 1.54) is 39.5 Å². The van der Waals surface area contributed by atoms with Crippen LogP contribution in [0.3, 0.4) is 0 Å². The second kappa shape index (κ2) is 7.81. The van der Waals surface area contributed by atoms with Crippen LogP contribution in [0.2, 0.25) is 0 Å². The summed E-state index contributed by atoms with van der Waals surface area (Å²) in [5, 5.41) is 0. The lowest BCUT2D eigenvalue weighted by molar-refractivity contribution is -0.118. The van der Waals surface area contributed by atoms with Gasteiger partial charge in [0.15, 0.2) is 11.5 Å². The van der Waals surface area contributed by atoms with Crippen molar-refractivity contribution in [1.29, 1.82) is 0 Å². The molecule has 28 heavy (non-hydrogen) atoms. The highest BCUT2D eigenvalue weighted by atomic mass is 32.2. The summed E-state index contributed by atoms with van der Waals surface area (Å²) in [6.45, 7) is 1.70. The highest BCUT2D eigenvalue weighted by Gasteiger charge is 2.33. The lowest BCUT2D eigenvalue weighted by atomic mass is 10.1. The third-order valence-corrected chi connectivity index (χ3v) is 6.70. The average Bonchev–Trinajstić information content (AvgIpc) is 3.02. The number of likely N-dealkylation sites (N-methyl/N-ethyl adjacent to an activating group) is 1. The molecule has 2 aromatic rings. The van der Waals surface area contributed by atoms with E-state index in [-0.39, 0.29) is 23.4 Å². The van der Waals surface area contributed by atoms with E-state index in [1.807, 2.05) is 31.2 Å². The molecule has 8 heteroatoms. The molecule has 1 aliphatic rings. The zero-order chi connectivity index (χ0) is 20.5. The topological polar surface area (TPSA) is 76.2 Å². The van der Waals surface area contributed by atoms with Crippen LogP contribution in [0.15, 0.2) is 47.4 Å². The fourth-order valence-electron chi connectivity index (χ4n) is 3.45. The van der Waals surface area contributed by atoms with Gasteiger partial charge in [0, 0.05) is 24.8 Å². The monoisotopic (exact) mass is 404 g/mol. The van der Waals surface area contributed by atoms with Crippen molar-refractivity contribution in [3.8, 4) is 11.5 Å². The Morgan fingerprint density at radius 2 is 1.82 bits per heavy atom. The van der Waals surface area contributed by atoms with Crippen LogP contribution in [0, 0.1) is 0 Å². The lowest BCUT2D eigenvalue weighted by Gasteiger charge is -2.25. The minimum atomic E-state index is -3.87. The van der Waals surface area contributed by atoms with Crippen molar-refractivity contribution in [3.63, 3.8) is 0 Å². The Balaban J connectivity index is 1.82. The Labute approximate surface area is 165 Å². The van der Waals surface area contributed by atoms with Gasteiger partial charge in [0.25, 0.3) is 0 Å². The number of rotatable bonds is 6. The number of nitrogens with zero attached hydrogens (tertiary/aromatic N) is 2. The molecule has 1 aliphatic heterocycles. The molecule has 0 radical (unpaired) electrons. The molecular weight excluding hydrogens is 380 g/mol. The number of hydrogen-bond donors (Lipinski definition) is 0. The number of carbonyl (C=O) groups is 1. The van der Waals surface area contributed by atoms with Gasteiger partial charge in [0.05, 0.1) is 25.7 Å². The normalized spacial score (nSPS) is 16.2. The molecule has 0 N–H and O–H groups in total. The summed E-state index contributed by atoms with van der Waals surface area (Å²) in [6, 6.07) is 12.0. The van der Waals surface area contributed by atoms with Gasteiger partial charge >= 0.3 is 0 Å². The van der Waals surface area contributed by atoms with Crippen LogP contribution in [-0.2, 0) is 21.2 Å². The van der Waals surface area contributed by atoms with Crippen LogP contribution in [-0.4, -0.2) is 52.5 Å². The van der Waals surface area contributed by atoms with Crippen molar-refractivity contribution in [2.45, 2.75) is 24.3 Å². The van der Waals surface area contributed by atoms with E-state index in [1.54, 1.807) is 4.90 Å². The van der Waals surface area contributed by atoms with Crippen molar-refractivity contribution in [3.05, 3.63) is 48.0 Å². The lowest BCUT2D eigenvalue weighted by Crippen LogP contribution is -2.43. The van der Waals surface area contributed by atoms with Crippen LogP contribution < -0.4 is 14.4 Å². The van der Waals surface area contributed by atoms with Gasteiger partial charge in [-0.2, -0.15) is 4.31 Å². The first-order valence-corrected chi connectivity index (χ1v) is 10.3. The second-order valence-electron chi connectivity index (χ2n) is 6.72. The van der Waals surface area contributed by atoms with Crippen LogP contribution >= 0.6 is 0 Å². The number of benzene rings is 2. The van der Waals surface area contributed by atoms with Crippen molar-refractivity contribution >= 4 is 21.6 Å². The van der Waals surface area contributed by atoms with E-state index in [4.69, 9.17) is 9.47 Å². The number of methoxy groups -OCH3 is 2. The van der Waals surface area contributed by atoms with E-state index < -0.39 is 10.0 Å². The first-order valence-electron chi connectivity index (χ1n) is 8.88. The molecule has 0 saturated carbocycles. The minimum absolute atomic E-state index is 0.0120. The molecular formula is C20H24N2O5S. The standard InChI is InChI=1S/C20H24N2O5S/c1-14-11-15-7-5-6-8-17(15)22(14)20(23)13-21(2)28(24,25)16-9-10-18(26-3)19(12-16)27-4/h5-10,12,14H,11,13H2,1-4H3/t14-/m0/s1. The van der Waals surface area contributed by atoms with Gasteiger partial charge in [-0.3, -0.25) is 4.79 Å². The van der Waals surface area contributed by atoms with Gasteiger partial charge < -0.3 is 14.4 Å². The molecule has 2 aromatic carbocycles. The van der Waals surface area contributed by atoms with E-state index in [0.29, 0.717) is 11.5 Å². The Morgan fingerprint density at radius 1 is 1.14 bits per heavy atom. The zero-order valence-electron chi connectivity index (χ0n) is 16.4. The maximum Gasteiger partial charge on any atom is 0.243 e. The molecule has 0 unspecified atom stereocenters. The SMILES string of the molecule is COc1ccc(S(=O)(=O)N(C)CC(=O)N2c3ccccc3C[C@@H]2C)cc1OC. The van der Waals surface area contributed by atoms with Gasteiger partial charge in [0.1, 0.15) is 0 Å². The number of sulfonamides is 1. The first kappa shape index (κ1) is 20.2. The van der Waals surface area contributed by atoms with Crippen LogP contribution in [0.5, 0.6) is 11.5 Å². The van der Waals surface area contributed by atoms with Crippen molar-refractivity contribution < 1.29 is 22.7 Å². The van der Waals surface area contributed by atoms with Gasteiger partial charge in [-0.15, -0.1) is 0 Å². The summed E-state index contributed by atoms with van der Waals surface area (Å²) in [5.74, 6) is 0.483. The predicted octanol–water partition coefficient (Wildman–Crippen LogP) is 2.30. The molecule has 150 valence electrons. The highest BCUT2D eigenvalue weighted by molar-refractivity contribution is 7.89. The van der Waals surface area contributed by atoms with Crippen molar-refractivity contribution in [2.24, 2.45) is 0 Å². The van der Waals surface area contributed by atoms with Gasteiger partial charge in [0.2, 0.25) is 15.9 Å². The highest BCUT2D eigenvalue weighted by Crippen LogP contribution is 2.33. The molecule has 0 aliphatic carbocycles. The van der Waals surface area contributed by atoms with Crippen LogP contribution in [0.25, 0.3) is 0 Å². The summed E-state index contributed by atoms with van der Waals surface area (Å²) in [5.41, 5.74) is 1.94. The minimum Gasteiger partial charge on any atom is -0.493 e. The number of para-hydroxylation sites is 1. The fourth-order valence-corrected chi connectivity index (χ4v) is 4.59. The van der Waals surface area contributed by atoms with E-state index in [2.05, 4.69) is 0 Å². The molecule has 3 rings (SSSR count). The molecule has 1 amide bonds. The van der Waals surface area contributed by atoms with E-state index in [9.17, 15) is 13.2 Å². The number of hydrogen-bond acceptors (Lipinski definition) is 5. The number of fused-ring (bicyclic) bond motifs is 1. The Hall–Kier alpha value is -2.58. The van der Waals surface area contributed by atoms with E-state index >= 15 is 0 Å². The van der Waals surface area contributed by atoms with Crippen molar-refractivity contribution in [2.75, 3.05) is 32.7 Å². The quantitative estimate of drug-likeness (QED) is 0.738. The molecule has 0 spiro atoms. The summed E-state index contributed by atoms with van der Waals surface area (Å²) in [6.07, 6.45) is 0.758. The molecule has 1 atom stereocenters. The van der Waals surface area contributed by atoms with Crippen LogP contribution in [0.4, 0.5) is 5.69 Å². The van der Waals surface area contributed by atoms with E-state index in [0.717, 1.165) is 22.0 Å². The maximum absolute atomic E-state index is 12.9. The second-order valence-corrected chi connectivity index (χ2v) is 8.77. The third kappa shape index (κ3) is 3.57. The third-order valence-electron chi connectivity index (χ3n) is 4.90. The summed E-state index contributed by atoms with van der Waals surface area (Å²) in [7, 11) is 0.450. The molecule has 1 heterocycles. The Kier molecular flexibility index (Phi) is 5.62. The summed E-state index contributed by atoms with van der Waals surface area (Å²) >= 11 is 0. The largest absolute Gasteiger partial charge is 0.493 e. The van der Waals surface area contributed by atoms with Gasteiger partial charge in [-0.1, -0.05) is 18.2 Å². The molecule has 7 nitrogen and oxygen atoms in total. The van der Waals surface area contributed by atoms with Gasteiger partial charge in [-0.25, -0.2) is 8.42 Å². The smallest absolute Gasteiger partial charge is 0.243 e. The van der Waals surface area contributed by atoms with Crippen LogP contribution in [0.1, 0.15) is 12.5 Å². The predicted molar refractivity (Wildman–Crippen MR) is 106 cm³/mol. The number of ether oxygens (including phenoxy) is 2. The Bertz CT molecular complexity index is 990. The molecule has 0 bridgehead atoms. The maximum atomic E-state index is 12.9. The number of amides is 1. The number of carbonyl (C=O) groups excluding carboxylic acids is 1.